The van der Waals surface area contributed by atoms with E-state index in [9.17, 15) is 9.90 Å². The zero-order valence-electron chi connectivity index (χ0n) is 11.6. The van der Waals surface area contributed by atoms with Gasteiger partial charge < -0.3 is 5.11 Å². The molecule has 1 aromatic heterocycles. The summed E-state index contributed by atoms with van der Waals surface area (Å²) in [5.74, 6) is -0.608. The van der Waals surface area contributed by atoms with Crippen molar-refractivity contribution >= 4 is 45.6 Å². The van der Waals surface area contributed by atoms with Gasteiger partial charge in [-0.1, -0.05) is 35.3 Å². The smallest absolute Gasteiger partial charge is 0.261 e. The Kier molecular flexibility index (Phi) is 4.52. The molecular weight excluding hydrogens is 355 g/mol. The van der Waals surface area contributed by atoms with Crippen molar-refractivity contribution in [3.05, 3.63) is 63.5 Å². The van der Waals surface area contributed by atoms with Crippen LogP contribution in [0.5, 0.6) is 5.75 Å². The van der Waals surface area contributed by atoms with Crippen molar-refractivity contribution < 1.29 is 9.90 Å². The van der Waals surface area contributed by atoms with Gasteiger partial charge in [-0.2, -0.15) is 0 Å². The van der Waals surface area contributed by atoms with Crippen molar-refractivity contribution in [1.82, 2.24) is 4.98 Å². The van der Waals surface area contributed by atoms with Gasteiger partial charge in [-0.3, -0.25) is 10.1 Å². The summed E-state index contributed by atoms with van der Waals surface area (Å²) in [6.07, 6.45) is 0. The number of nitrogens with one attached hydrogen (secondary N) is 1. The van der Waals surface area contributed by atoms with Crippen molar-refractivity contribution in [3.63, 3.8) is 0 Å². The highest BCUT2D eigenvalue weighted by atomic mass is 35.5. The van der Waals surface area contributed by atoms with Crippen LogP contribution in [0.1, 0.15) is 10.4 Å². The summed E-state index contributed by atoms with van der Waals surface area (Å²) in [7, 11) is 0. The normalized spacial score (nSPS) is 10.5. The molecule has 0 aliphatic rings. The Labute approximate surface area is 146 Å². The molecule has 1 heterocycles. The van der Waals surface area contributed by atoms with Gasteiger partial charge in [0.15, 0.2) is 5.13 Å². The van der Waals surface area contributed by atoms with Gasteiger partial charge >= 0.3 is 0 Å². The molecule has 7 heteroatoms. The highest BCUT2D eigenvalue weighted by Crippen LogP contribution is 2.27. The number of nitrogens with zero attached hydrogens (tertiary/aromatic N) is 1. The van der Waals surface area contributed by atoms with Crippen LogP contribution in [0.25, 0.3) is 11.3 Å². The Morgan fingerprint density at radius 2 is 1.78 bits per heavy atom. The number of phenols is 1. The summed E-state index contributed by atoms with van der Waals surface area (Å²) >= 11 is 13.0. The molecule has 2 aromatic carbocycles. The molecule has 0 radical (unpaired) electrons. The zero-order valence-corrected chi connectivity index (χ0v) is 13.9. The fraction of sp³-hybridized carbons (Fsp3) is 0. The Morgan fingerprint density at radius 1 is 1.09 bits per heavy atom. The second-order valence-electron chi connectivity index (χ2n) is 4.66. The fourth-order valence-electron chi connectivity index (χ4n) is 1.94. The highest BCUT2D eigenvalue weighted by Gasteiger charge is 2.14. The van der Waals surface area contributed by atoms with Crippen LogP contribution in [-0.4, -0.2) is 16.0 Å². The van der Waals surface area contributed by atoms with Crippen LogP contribution in [0, 0.1) is 0 Å². The molecule has 0 aliphatic heterocycles. The molecule has 0 atom stereocenters. The van der Waals surface area contributed by atoms with E-state index in [0.717, 1.165) is 11.3 Å². The van der Waals surface area contributed by atoms with E-state index >= 15 is 0 Å². The first-order chi connectivity index (χ1) is 11.0. The number of hydrogen-bond acceptors (Lipinski definition) is 4. The van der Waals surface area contributed by atoms with Crippen LogP contribution in [0.3, 0.4) is 0 Å². The van der Waals surface area contributed by atoms with Crippen molar-refractivity contribution in [3.8, 4) is 17.0 Å². The molecule has 0 aliphatic carbocycles. The van der Waals surface area contributed by atoms with E-state index in [1.165, 1.54) is 29.5 Å². The lowest BCUT2D eigenvalue weighted by molar-refractivity contribution is 0.102. The lowest BCUT2D eigenvalue weighted by atomic mass is 10.2. The van der Waals surface area contributed by atoms with Crippen molar-refractivity contribution in [2.45, 2.75) is 0 Å². The third-order valence-electron chi connectivity index (χ3n) is 3.07. The fourth-order valence-corrected chi connectivity index (χ4v) is 2.95. The van der Waals surface area contributed by atoms with E-state index in [0.29, 0.717) is 15.2 Å². The number of anilines is 1. The number of aromatic nitrogens is 1. The number of halogens is 2. The monoisotopic (exact) mass is 364 g/mol. The third-order valence-corrected chi connectivity index (χ3v) is 4.31. The lowest BCUT2D eigenvalue weighted by Crippen LogP contribution is -2.11. The quantitative estimate of drug-likeness (QED) is 0.681. The average molecular weight is 365 g/mol. The number of rotatable bonds is 3. The van der Waals surface area contributed by atoms with Crippen molar-refractivity contribution in [2.24, 2.45) is 0 Å². The molecule has 2 N–H and O–H groups in total. The topological polar surface area (TPSA) is 62.2 Å². The molecule has 4 nitrogen and oxygen atoms in total. The molecule has 0 saturated heterocycles. The van der Waals surface area contributed by atoms with Gasteiger partial charge in [-0.25, -0.2) is 4.98 Å². The first-order valence-electron chi connectivity index (χ1n) is 6.54. The molecule has 3 rings (SSSR count). The minimum atomic E-state index is -0.470. The van der Waals surface area contributed by atoms with Crippen LogP contribution >= 0.6 is 34.5 Å². The number of aromatic hydroxyl groups is 1. The number of amides is 1. The predicted molar refractivity (Wildman–Crippen MR) is 93.6 cm³/mol. The molecule has 3 aromatic rings. The van der Waals surface area contributed by atoms with Gasteiger partial charge in [0, 0.05) is 21.0 Å². The minimum Gasteiger partial charge on any atom is -0.507 e. The second-order valence-corrected chi connectivity index (χ2v) is 6.39. The van der Waals surface area contributed by atoms with Crippen molar-refractivity contribution in [1.29, 1.82) is 0 Å². The predicted octanol–water partition coefficient (Wildman–Crippen LogP) is 5.07. The molecule has 23 heavy (non-hydrogen) atoms. The Balaban J connectivity index is 1.80. The largest absolute Gasteiger partial charge is 0.507 e. The number of thiazole rings is 1. The first-order valence-corrected chi connectivity index (χ1v) is 8.18. The van der Waals surface area contributed by atoms with Crippen LogP contribution < -0.4 is 5.32 Å². The summed E-state index contributed by atoms with van der Waals surface area (Å²) < 4.78 is 0. The van der Waals surface area contributed by atoms with Gasteiger partial charge in [0.05, 0.1) is 11.3 Å². The molecule has 0 bridgehead atoms. The molecule has 1 amide bonds. The first kappa shape index (κ1) is 15.8. The van der Waals surface area contributed by atoms with E-state index < -0.39 is 5.91 Å². The molecule has 0 saturated carbocycles. The van der Waals surface area contributed by atoms with E-state index in [1.54, 1.807) is 12.1 Å². The number of carbonyl (C=O) groups excluding carboxylic acids is 1. The zero-order chi connectivity index (χ0) is 16.4. The lowest BCUT2D eigenvalue weighted by Gasteiger charge is -2.04. The average Bonchev–Trinajstić information content (AvgIpc) is 2.99. The van der Waals surface area contributed by atoms with Crippen LogP contribution in [0.15, 0.2) is 47.8 Å². The molecule has 0 fully saturated rings. The maximum absolute atomic E-state index is 12.2. The Bertz CT molecular complexity index is 863. The number of hydrogen-bond donors (Lipinski definition) is 2. The SMILES string of the molecule is O=C(Nc1nc(-c2ccc(Cl)cc2)cs1)c1cc(Cl)ccc1O. The summed E-state index contributed by atoms with van der Waals surface area (Å²) in [6, 6.07) is 11.5. The second kappa shape index (κ2) is 6.58. The van der Waals surface area contributed by atoms with E-state index in [4.69, 9.17) is 23.2 Å². The Hall–Kier alpha value is -2.08. The summed E-state index contributed by atoms with van der Waals surface area (Å²) in [6.45, 7) is 0. The van der Waals surface area contributed by atoms with Gasteiger partial charge in [0.1, 0.15) is 5.75 Å². The van der Waals surface area contributed by atoms with Gasteiger partial charge in [-0.05, 0) is 30.3 Å². The van der Waals surface area contributed by atoms with Gasteiger partial charge in [0.2, 0.25) is 0 Å². The number of phenolic OH excluding ortho intramolecular Hbond substituents is 1. The van der Waals surface area contributed by atoms with Crippen LogP contribution in [-0.2, 0) is 0 Å². The standard InChI is InChI=1S/C16H10Cl2N2O2S/c17-10-3-1-9(2-4-10)13-8-23-16(19-13)20-15(22)12-7-11(18)5-6-14(12)21/h1-8,21H,(H,19,20,22). The third kappa shape index (κ3) is 3.64. The maximum Gasteiger partial charge on any atom is 0.261 e. The molecule has 0 spiro atoms. The summed E-state index contributed by atoms with van der Waals surface area (Å²) in [5.41, 5.74) is 1.73. The summed E-state index contributed by atoms with van der Waals surface area (Å²) in [5, 5.41) is 15.7. The maximum atomic E-state index is 12.2. The number of carbonyl (C=O) groups is 1. The Morgan fingerprint density at radius 3 is 2.52 bits per heavy atom. The van der Waals surface area contributed by atoms with Crippen LogP contribution in [0.4, 0.5) is 5.13 Å². The van der Waals surface area contributed by atoms with E-state index in [-0.39, 0.29) is 11.3 Å². The summed E-state index contributed by atoms with van der Waals surface area (Å²) in [4.78, 5) is 16.6. The molecular formula is C16H10Cl2N2O2S. The minimum absolute atomic E-state index is 0.0979. The molecule has 116 valence electrons. The van der Waals surface area contributed by atoms with Gasteiger partial charge in [0.25, 0.3) is 5.91 Å². The molecule has 0 unspecified atom stereocenters. The van der Waals surface area contributed by atoms with Crippen LogP contribution in [0.2, 0.25) is 10.0 Å². The van der Waals surface area contributed by atoms with Crippen molar-refractivity contribution in [2.75, 3.05) is 5.32 Å². The van der Waals surface area contributed by atoms with E-state index in [1.807, 2.05) is 17.5 Å². The highest BCUT2D eigenvalue weighted by molar-refractivity contribution is 7.14. The van der Waals surface area contributed by atoms with E-state index in [2.05, 4.69) is 10.3 Å². The van der Waals surface area contributed by atoms with Gasteiger partial charge in [-0.15, -0.1) is 11.3 Å². The number of benzene rings is 2.